The van der Waals surface area contributed by atoms with Crippen LogP contribution in [-0.2, 0) is 9.59 Å². The summed E-state index contributed by atoms with van der Waals surface area (Å²) in [4.78, 5) is 21.6. The number of carbonyl (C=O) groups is 2. The van der Waals surface area contributed by atoms with Crippen LogP contribution < -0.4 is 0 Å². The van der Waals surface area contributed by atoms with E-state index in [2.05, 4.69) is 0 Å². The Morgan fingerprint density at radius 3 is 2.46 bits per heavy atom. The lowest BCUT2D eigenvalue weighted by Crippen LogP contribution is -1.98. The van der Waals surface area contributed by atoms with Crippen LogP contribution in [0.15, 0.2) is 60.8 Å². The number of aliphatic hydroxyl groups excluding tert-OH is 1. The van der Waals surface area contributed by atoms with Gasteiger partial charge in [0.05, 0.1) is 6.10 Å². The summed E-state index contributed by atoms with van der Waals surface area (Å²) in [6, 6.07) is 0. The highest BCUT2D eigenvalue weighted by atomic mass is 16.4. The van der Waals surface area contributed by atoms with Gasteiger partial charge < -0.3 is 10.2 Å². The van der Waals surface area contributed by atoms with Crippen LogP contribution in [-0.4, -0.2) is 28.1 Å². The topological polar surface area (TPSA) is 74.6 Å². The molecular weight excluding hydrogens is 304 g/mol. The first-order chi connectivity index (χ1) is 11.6. The normalized spacial score (nSPS) is 13.9. The molecule has 0 aliphatic rings. The van der Waals surface area contributed by atoms with E-state index >= 15 is 0 Å². The van der Waals surface area contributed by atoms with Crippen LogP contribution in [0.2, 0.25) is 0 Å². The van der Waals surface area contributed by atoms with Gasteiger partial charge in [0.25, 0.3) is 0 Å². The van der Waals surface area contributed by atoms with Crippen molar-refractivity contribution in [2.75, 3.05) is 0 Å². The molecule has 0 rings (SSSR count). The maximum absolute atomic E-state index is 11.3. The van der Waals surface area contributed by atoms with Gasteiger partial charge >= 0.3 is 5.97 Å². The van der Waals surface area contributed by atoms with Crippen molar-refractivity contribution in [2.45, 2.75) is 51.6 Å². The summed E-state index contributed by atoms with van der Waals surface area (Å²) in [5.74, 6) is -0.826. The highest BCUT2D eigenvalue weighted by Crippen LogP contribution is 2.00. The second-order valence-corrected chi connectivity index (χ2v) is 5.22. The molecule has 0 aliphatic heterocycles. The molecule has 2 N–H and O–H groups in total. The van der Waals surface area contributed by atoms with Gasteiger partial charge in [-0.3, -0.25) is 9.59 Å². The molecule has 24 heavy (non-hydrogen) atoms. The molecule has 0 aromatic carbocycles. The predicted octanol–water partition coefficient (Wildman–Crippen LogP) is 4.14. The Labute approximate surface area is 144 Å². The lowest BCUT2D eigenvalue weighted by Gasteiger charge is -1.98. The number of aliphatic carboxylic acids is 1. The summed E-state index contributed by atoms with van der Waals surface area (Å²) in [6.07, 6.45) is 20.7. The van der Waals surface area contributed by atoms with Gasteiger partial charge in [-0.2, -0.15) is 0 Å². The van der Waals surface area contributed by atoms with Crippen LogP contribution >= 0.6 is 0 Å². The van der Waals surface area contributed by atoms with Crippen LogP contribution in [0.5, 0.6) is 0 Å². The summed E-state index contributed by atoms with van der Waals surface area (Å²) in [5.41, 5.74) is 0. The number of ketones is 1. The molecule has 4 heteroatoms. The standard InChI is InChI=1S/C20H28O4/c1-2-3-13-18(21)15-11-12-16-19(22)14-9-7-5-4-6-8-10-17-20(23)24/h3-4,6-7,9,11-13,15-16,19,22H,2,5,8,10,14,17H2,1H3,(H,23,24)/b6-4+,9-7+,13-3+,15-11+,16-12+/t19-/m1/s1. The fourth-order valence-corrected chi connectivity index (χ4v) is 1.71. The molecule has 0 bridgehead atoms. The first-order valence-electron chi connectivity index (χ1n) is 8.31. The Morgan fingerprint density at radius 1 is 1.00 bits per heavy atom. The lowest BCUT2D eigenvalue weighted by molar-refractivity contribution is -0.137. The highest BCUT2D eigenvalue weighted by molar-refractivity contribution is 5.99. The second kappa shape index (κ2) is 15.7. The molecule has 0 aromatic rings. The van der Waals surface area contributed by atoms with Crippen molar-refractivity contribution < 1.29 is 19.8 Å². The van der Waals surface area contributed by atoms with Crippen LogP contribution in [0.4, 0.5) is 0 Å². The van der Waals surface area contributed by atoms with Crippen molar-refractivity contribution in [3.63, 3.8) is 0 Å². The van der Waals surface area contributed by atoms with Gasteiger partial charge in [-0.05, 0) is 44.3 Å². The zero-order valence-corrected chi connectivity index (χ0v) is 14.3. The molecule has 0 radical (unpaired) electrons. The highest BCUT2D eigenvalue weighted by Gasteiger charge is 1.94. The molecular formula is C20H28O4. The second-order valence-electron chi connectivity index (χ2n) is 5.22. The maximum atomic E-state index is 11.3. The maximum Gasteiger partial charge on any atom is 0.303 e. The number of aliphatic hydroxyl groups is 1. The first kappa shape index (κ1) is 21.8. The van der Waals surface area contributed by atoms with E-state index in [1.807, 2.05) is 31.2 Å². The molecule has 132 valence electrons. The Morgan fingerprint density at radius 2 is 1.75 bits per heavy atom. The smallest absolute Gasteiger partial charge is 0.303 e. The van der Waals surface area contributed by atoms with Crippen molar-refractivity contribution in [3.05, 3.63) is 60.8 Å². The van der Waals surface area contributed by atoms with Crippen molar-refractivity contribution in [1.82, 2.24) is 0 Å². The summed E-state index contributed by atoms with van der Waals surface area (Å²) in [5, 5.41) is 18.2. The summed E-state index contributed by atoms with van der Waals surface area (Å²) in [7, 11) is 0. The Hall–Kier alpha value is -2.20. The van der Waals surface area contributed by atoms with Gasteiger partial charge in [0.2, 0.25) is 0 Å². The molecule has 0 heterocycles. The molecule has 0 spiro atoms. The number of allylic oxidation sites excluding steroid dienone is 8. The SMILES string of the molecule is CC/C=C/C(=O)/C=C/C=C/[C@H](O)C/C=C/C/C=C/CCCC(=O)O. The third-order valence-electron chi connectivity index (χ3n) is 2.97. The molecule has 0 amide bonds. The van der Waals surface area contributed by atoms with Gasteiger partial charge in [-0.15, -0.1) is 0 Å². The molecule has 0 aliphatic carbocycles. The van der Waals surface area contributed by atoms with E-state index in [0.29, 0.717) is 12.8 Å². The van der Waals surface area contributed by atoms with Crippen molar-refractivity contribution in [1.29, 1.82) is 0 Å². The van der Waals surface area contributed by atoms with Gasteiger partial charge in [0, 0.05) is 6.42 Å². The minimum Gasteiger partial charge on any atom is -0.481 e. The van der Waals surface area contributed by atoms with Crippen LogP contribution in [0.1, 0.15) is 45.4 Å². The minimum atomic E-state index is -0.762. The lowest BCUT2D eigenvalue weighted by atomic mass is 10.2. The Kier molecular flexibility index (Phi) is 14.2. The van der Waals surface area contributed by atoms with Crippen molar-refractivity contribution >= 4 is 11.8 Å². The predicted molar refractivity (Wildman–Crippen MR) is 97.7 cm³/mol. The minimum absolute atomic E-state index is 0.0639. The average molecular weight is 332 g/mol. The van der Waals surface area contributed by atoms with Gasteiger partial charge in [0.1, 0.15) is 0 Å². The van der Waals surface area contributed by atoms with Gasteiger partial charge in [0.15, 0.2) is 5.78 Å². The summed E-state index contributed by atoms with van der Waals surface area (Å²) >= 11 is 0. The van der Waals surface area contributed by atoms with E-state index in [1.165, 1.54) is 12.2 Å². The number of carbonyl (C=O) groups excluding carboxylic acids is 1. The van der Waals surface area contributed by atoms with E-state index in [9.17, 15) is 14.7 Å². The number of hydrogen-bond donors (Lipinski definition) is 2. The van der Waals surface area contributed by atoms with E-state index in [-0.39, 0.29) is 12.2 Å². The average Bonchev–Trinajstić information content (AvgIpc) is 2.55. The van der Waals surface area contributed by atoms with Crippen LogP contribution in [0, 0.1) is 0 Å². The number of hydrogen-bond acceptors (Lipinski definition) is 3. The molecule has 0 saturated heterocycles. The Balaban J connectivity index is 3.82. The first-order valence-corrected chi connectivity index (χ1v) is 8.31. The molecule has 0 saturated carbocycles. The molecule has 1 atom stereocenters. The number of rotatable bonds is 13. The molecule has 0 unspecified atom stereocenters. The van der Waals surface area contributed by atoms with E-state index < -0.39 is 12.1 Å². The van der Waals surface area contributed by atoms with Crippen molar-refractivity contribution in [3.8, 4) is 0 Å². The summed E-state index contributed by atoms with van der Waals surface area (Å²) < 4.78 is 0. The Bertz CT molecular complexity index is 496. The molecule has 0 fully saturated rings. The largest absolute Gasteiger partial charge is 0.481 e. The van der Waals surface area contributed by atoms with Crippen LogP contribution in [0.3, 0.4) is 0 Å². The van der Waals surface area contributed by atoms with Crippen molar-refractivity contribution in [2.24, 2.45) is 0 Å². The zero-order valence-electron chi connectivity index (χ0n) is 14.3. The fraction of sp³-hybridized carbons (Fsp3) is 0.400. The number of carboxylic acids is 1. The van der Waals surface area contributed by atoms with Gasteiger partial charge in [-0.25, -0.2) is 0 Å². The fourth-order valence-electron chi connectivity index (χ4n) is 1.71. The third kappa shape index (κ3) is 16.2. The number of unbranched alkanes of at least 4 members (excludes halogenated alkanes) is 1. The van der Waals surface area contributed by atoms with Crippen LogP contribution in [0.25, 0.3) is 0 Å². The quantitative estimate of drug-likeness (QED) is 0.230. The van der Waals surface area contributed by atoms with E-state index in [0.717, 1.165) is 19.3 Å². The number of carboxylic acid groups (broad SMARTS) is 1. The zero-order chi connectivity index (χ0) is 18.0. The molecule has 0 aromatic heterocycles. The molecule has 4 nitrogen and oxygen atoms in total. The summed E-state index contributed by atoms with van der Waals surface area (Å²) in [6.45, 7) is 1.96. The monoisotopic (exact) mass is 332 g/mol. The third-order valence-corrected chi connectivity index (χ3v) is 2.97. The van der Waals surface area contributed by atoms with Gasteiger partial charge in [-0.1, -0.05) is 55.5 Å². The van der Waals surface area contributed by atoms with E-state index in [4.69, 9.17) is 5.11 Å². The van der Waals surface area contributed by atoms with E-state index in [1.54, 1.807) is 24.3 Å².